The summed E-state index contributed by atoms with van der Waals surface area (Å²) in [5.41, 5.74) is 5.57. The minimum absolute atomic E-state index is 0.0129. The molecule has 1 amide bonds. The van der Waals surface area contributed by atoms with E-state index in [1.165, 1.54) is 0 Å². The number of hydrogen-bond donors (Lipinski definition) is 3. The van der Waals surface area contributed by atoms with Crippen LogP contribution in [0.3, 0.4) is 0 Å². The average molecular weight is 211 g/mol. The van der Waals surface area contributed by atoms with Crippen molar-refractivity contribution >= 4 is 11.9 Å². The molecule has 0 saturated carbocycles. The number of aromatic nitrogens is 2. The maximum atomic E-state index is 10.9. The summed E-state index contributed by atoms with van der Waals surface area (Å²) < 4.78 is 5.24. The first-order valence-electron chi connectivity index (χ1n) is 4.77. The van der Waals surface area contributed by atoms with Crippen LogP contribution in [-0.2, 0) is 4.79 Å². The highest BCUT2D eigenvalue weighted by molar-refractivity contribution is 5.79. The summed E-state index contributed by atoms with van der Waals surface area (Å²) >= 11 is 0. The SMILES string of the molecule is CC(N)c1nnc(NC2CNC(=O)C2)o1. The molecule has 2 atom stereocenters. The Balaban J connectivity index is 1.96. The quantitative estimate of drug-likeness (QED) is 0.615. The fourth-order valence-electron chi connectivity index (χ4n) is 1.36. The van der Waals surface area contributed by atoms with Crippen LogP contribution in [0.15, 0.2) is 4.42 Å². The maximum absolute atomic E-state index is 10.9. The number of rotatable bonds is 3. The fourth-order valence-corrected chi connectivity index (χ4v) is 1.36. The highest BCUT2D eigenvalue weighted by atomic mass is 16.4. The molecule has 2 heterocycles. The summed E-state index contributed by atoms with van der Waals surface area (Å²) in [6.07, 6.45) is 0.426. The molecule has 2 rings (SSSR count). The molecule has 7 nitrogen and oxygen atoms in total. The van der Waals surface area contributed by atoms with E-state index in [-0.39, 0.29) is 18.0 Å². The molecule has 1 saturated heterocycles. The van der Waals surface area contributed by atoms with Gasteiger partial charge in [0.15, 0.2) is 0 Å². The van der Waals surface area contributed by atoms with Gasteiger partial charge in [-0.3, -0.25) is 4.79 Å². The summed E-state index contributed by atoms with van der Waals surface area (Å²) in [6, 6.07) is 0.0408. The molecule has 0 radical (unpaired) electrons. The Kier molecular flexibility index (Phi) is 2.55. The van der Waals surface area contributed by atoms with E-state index in [2.05, 4.69) is 20.8 Å². The molecular weight excluding hydrogens is 198 g/mol. The standard InChI is InChI=1S/C8H13N5O2/c1-4(9)7-12-13-8(15-7)11-5-2-6(14)10-3-5/h4-5H,2-3,9H2,1H3,(H,10,14)(H,11,13). The lowest BCUT2D eigenvalue weighted by atomic mass is 10.3. The van der Waals surface area contributed by atoms with E-state index < -0.39 is 0 Å². The molecule has 82 valence electrons. The largest absolute Gasteiger partial charge is 0.406 e. The lowest BCUT2D eigenvalue weighted by Gasteiger charge is -2.06. The Bertz CT molecular complexity index is 362. The zero-order chi connectivity index (χ0) is 10.8. The van der Waals surface area contributed by atoms with E-state index >= 15 is 0 Å². The molecule has 1 aliphatic rings. The topological polar surface area (TPSA) is 106 Å². The van der Waals surface area contributed by atoms with Crippen molar-refractivity contribution < 1.29 is 9.21 Å². The Morgan fingerprint density at radius 2 is 2.47 bits per heavy atom. The highest BCUT2D eigenvalue weighted by Gasteiger charge is 2.23. The van der Waals surface area contributed by atoms with Crippen LogP contribution in [0, 0.1) is 0 Å². The van der Waals surface area contributed by atoms with Gasteiger partial charge in [0.2, 0.25) is 11.8 Å². The van der Waals surface area contributed by atoms with Crippen LogP contribution in [0.5, 0.6) is 0 Å². The number of carbonyl (C=O) groups excluding carboxylic acids is 1. The van der Waals surface area contributed by atoms with Gasteiger partial charge >= 0.3 is 6.01 Å². The molecule has 0 aromatic carbocycles. The molecule has 0 aliphatic carbocycles. The fraction of sp³-hybridized carbons (Fsp3) is 0.625. The van der Waals surface area contributed by atoms with Crippen LogP contribution in [-0.4, -0.2) is 28.7 Å². The third kappa shape index (κ3) is 2.24. The molecule has 0 bridgehead atoms. The Hall–Kier alpha value is -1.63. The highest BCUT2D eigenvalue weighted by Crippen LogP contribution is 2.13. The normalized spacial score (nSPS) is 22.5. The van der Waals surface area contributed by atoms with Crippen LogP contribution >= 0.6 is 0 Å². The summed E-state index contributed by atoms with van der Waals surface area (Å²) in [5, 5.41) is 13.2. The first-order chi connectivity index (χ1) is 7.15. The third-order valence-electron chi connectivity index (χ3n) is 2.14. The summed E-state index contributed by atoms with van der Waals surface area (Å²) in [7, 11) is 0. The number of anilines is 1. The molecule has 2 unspecified atom stereocenters. The lowest BCUT2D eigenvalue weighted by Crippen LogP contribution is -2.22. The number of amides is 1. The first kappa shape index (κ1) is 9.91. The number of nitrogens with two attached hydrogens (primary N) is 1. The molecule has 1 aromatic rings. The second-order valence-corrected chi connectivity index (χ2v) is 3.58. The predicted molar refractivity (Wildman–Crippen MR) is 51.9 cm³/mol. The van der Waals surface area contributed by atoms with Gasteiger partial charge in [-0.25, -0.2) is 0 Å². The number of nitrogens with one attached hydrogen (secondary N) is 2. The molecular formula is C8H13N5O2. The van der Waals surface area contributed by atoms with Crippen molar-refractivity contribution in [1.29, 1.82) is 0 Å². The number of hydrogen-bond acceptors (Lipinski definition) is 6. The van der Waals surface area contributed by atoms with Gasteiger partial charge in [-0.05, 0) is 6.92 Å². The molecule has 1 fully saturated rings. The number of carbonyl (C=O) groups is 1. The average Bonchev–Trinajstić information content (AvgIpc) is 2.76. The van der Waals surface area contributed by atoms with E-state index in [1.807, 2.05) is 0 Å². The van der Waals surface area contributed by atoms with Crippen molar-refractivity contribution in [1.82, 2.24) is 15.5 Å². The zero-order valence-electron chi connectivity index (χ0n) is 8.36. The number of nitrogens with zero attached hydrogens (tertiary/aromatic N) is 2. The molecule has 15 heavy (non-hydrogen) atoms. The Morgan fingerprint density at radius 1 is 1.67 bits per heavy atom. The Morgan fingerprint density at radius 3 is 3.00 bits per heavy atom. The monoisotopic (exact) mass is 211 g/mol. The minimum atomic E-state index is -0.281. The van der Waals surface area contributed by atoms with E-state index in [1.54, 1.807) is 6.92 Å². The zero-order valence-corrected chi connectivity index (χ0v) is 8.36. The summed E-state index contributed by atoms with van der Waals surface area (Å²) in [4.78, 5) is 10.9. The van der Waals surface area contributed by atoms with E-state index in [9.17, 15) is 4.79 Å². The van der Waals surface area contributed by atoms with E-state index in [4.69, 9.17) is 10.2 Å². The van der Waals surface area contributed by atoms with Crippen LogP contribution in [0.2, 0.25) is 0 Å². The van der Waals surface area contributed by atoms with Gasteiger partial charge in [-0.1, -0.05) is 5.10 Å². The summed E-state index contributed by atoms with van der Waals surface area (Å²) in [6.45, 7) is 2.34. The molecule has 0 spiro atoms. The van der Waals surface area contributed by atoms with Crippen LogP contribution in [0.25, 0.3) is 0 Å². The van der Waals surface area contributed by atoms with Crippen molar-refractivity contribution in [2.45, 2.75) is 25.4 Å². The van der Waals surface area contributed by atoms with Gasteiger partial charge in [0.1, 0.15) is 0 Å². The van der Waals surface area contributed by atoms with Gasteiger partial charge in [0.05, 0.1) is 12.1 Å². The molecule has 1 aromatic heterocycles. The van der Waals surface area contributed by atoms with Gasteiger partial charge < -0.3 is 20.8 Å². The van der Waals surface area contributed by atoms with Crippen LogP contribution < -0.4 is 16.4 Å². The minimum Gasteiger partial charge on any atom is -0.406 e. The van der Waals surface area contributed by atoms with Gasteiger partial charge in [0, 0.05) is 13.0 Å². The van der Waals surface area contributed by atoms with Gasteiger partial charge in [-0.2, -0.15) is 0 Å². The van der Waals surface area contributed by atoms with Crippen molar-refractivity contribution in [2.24, 2.45) is 5.73 Å². The van der Waals surface area contributed by atoms with Crippen molar-refractivity contribution in [3.63, 3.8) is 0 Å². The van der Waals surface area contributed by atoms with Crippen molar-refractivity contribution in [2.75, 3.05) is 11.9 Å². The van der Waals surface area contributed by atoms with Crippen LogP contribution in [0.1, 0.15) is 25.3 Å². The first-order valence-corrected chi connectivity index (χ1v) is 4.77. The third-order valence-corrected chi connectivity index (χ3v) is 2.14. The molecule has 4 N–H and O–H groups in total. The van der Waals surface area contributed by atoms with E-state index in [0.29, 0.717) is 24.9 Å². The molecule has 7 heteroatoms. The van der Waals surface area contributed by atoms with E-state index in [0.717, 1.165) is 0 Å². The summed E-state index contributed by atoms with van der Waals surface area (Å²) in [5.74, 6) is 0.411. The second-order valence-electron chi connectivity index (χ2n) is 3.58. The lowest BCUT2D eigenvalue weighted by molar-refractivity contribution is -0.119. The molecule has 1 aliphatic heterocycles. The van der Waals surface area contributed by atoms with Crippen molar-refractivity contribution in [3.05, 3.63) is 5.89 Å². The van der Waals surface area contributed by atoms with Crippen molar-refractivity contribution in [3.8, 4) is 0 Å². The smallest absolute Gasteiger partial charge is 0.315 e. The van der Waals surface area contributed by atoms with Gasteiger partial charge in [0.25, 0.3) is 0 Å². The second kappa shape index (κ2) is 3.85. The Labute approximate surface area is 86.4 Å². The maximum Gasteiger partial charge on any atom is 0.315 e. The van der Waals surface area contributed by atoms with Crippen LogP contribution in [0.4, 0.5) is 6.01 Å². The predicted octanol–water partition coefficient (Wildman–Crippen LogP) is -0.610. The van der Waals surface area contributed by atoms with Gasteiger partial charge in [-0.15, -0.1) is 5.10 Å².